The van der Waals surface area contributed by atoms with Crippen molar-refractivity contribution in [3.63, 3.8) is 0 Å². The van der Waals surface area contributed by atoms with Gasteiger partial charge in [0.05, 0.1) is 22.2 Å². The summed E-state index contributed by atoms with van der Waals surface area (Å²) < 4.78 is 44.1. The Morgan fingerprint density at radius 1 is 1.04 bits per heavy atom. The van der Waals surface area contributed by atoms with E-state index in [-0.39, 0.29) is 28.1 Å². The number of aromatic nitrogens is 2. The zero-order chi connectivity index (χ0) is 19.8. The molecule has 1 heterocycles. The van der Waals surface area contributed by atoms with Crippen LogP contribution in [0, 0.1) is 0 Å². The minimum atomic E-state index is -4.47. The highest BCUT2D eigenvalue weighted by molar-refractivity contribution is 6.34. The van der Waals surface area contributed by atoms with Crippen LogP contribution in [0.4, 0.5) is 24.8 Å². The monoisotopic (exact) mass is 415 g/mol. The maximum absolute atomic E-state index is 12.8. The second kappa shape index (κ2) is 7.40. The summed E-state index contributed by atoms with van der Waals surface area (Å²) in [6.45, 7) is 3.77. The summed E-state index contributed by atoms with van der Waals surface area (Å²) in [6.07, 6.45) is -4.49. The van der Waals surface area contributed by atoms with Gasteiger partial charge in [-0.2, -0.15) is 13.2 Å². The maximum atomic E-state index is 12.8. The predicted molar refractivity (Wildman–Crippen MR) is 100 cm³/mol. The summed E-state index contributed by atoms with van der Waals surface area (Å²) >= 11 is 12.2. The molecule has 9 heteroatoms. The minimum absolute atomic E-state index is 0.0227. The summed E-state index contributed by atoms with van der Waals surface area (Å²) in [5, 5.41) is 3.37. The Morgan fingerprint density at radius 3 is 2.41 bits per heavy atom. The van der Waals surface area contributed by atoms with Crippen LogP contribution in [0.2, 0.25) is 10.2 Å². The maximum Gasteiger partial charge on any atom is 0.416 e. The molecule has 142 valence electrons. The minimum Gasteiger partial charge on any atom is -0.489 e. The molecule has 0 bridgehead atoms. The lowest BCUT2D eigenvalue weighted by atomic mass is 10.1. The third-order valence-electron chi connectivity index (χ3n) is 3.53. The Labute approximate surface area is 163 Å². The van der Waals surface area contributed by atoms with E-state index in [1.165, 1.54) is 6.07 Å². The fraction of sp³-hybridized carbons (Fsp3) is 0.222. The van der Waals surface area contributed by atoms with E-state index in [2.05, 4.69) is 15.3 Å². The number of hydrogen-bond donors (Lipinski definition) is 1. The van der Waals surface area contributed by atoms with Gasteiger partial charge in [-0.1, -0.05) is 23.2 Å². The Kier molecular flexibility index (Phi) is 5.35. The molecular formula is C18H14Cl2F3N3O. The molecule has 27 heavy (non-hydrogen) atoms. The molecule has 1 N–H and O–H groups in total. The van der Waals surface area contributed by atoms with Gasteiger partial charge in [-0.15, -0.1) is 0 Å². The number of nitrogens with one attached hydrogen (secondary N) is 1. The van der Waals surface area contributed by atoms with Crippen LogP contribution >= 0.6 is 23.2 Å². The van der Waals surface area contributed by atoms with Crippen LogP contribution in [0.3, 0.4) is 0 Å². The highest BCUT2D eigenvalue weighted by Gasteiger charge is 2.30. The molecule has 4 nitrogen and oxygen atoms in total. The summed E-state index contributed by atoms with van der Waals surface area (Å²) in [5.74, 6) is 0.676. The van der Waals surface area contributed by atoms with Crippen LogP contribution in [0.25, 0.3) is 10.9 Å². The topological polar surface area (TPSA) is 47.0 Å². The number of anilines is 2. The van der Waals surface area contributed by atoms with E-state index < -0.39 is 11.7 Å². The highest BCUT2D eigenvalue weighted by Crippen LogP contribution is 2.34. The standard InChI is InChI=1S/C18H14Cl2F3N3O/c1-9(2)27-15-6-4-11(8-13(15)19)24-17-25-14-5-3-10(18(21,22)23)7-12(14)16(20)26-17/h3-9H,1-2H3,(H,24,25,26). The van der Waals surface area contributed by atoms with E-state index in [0.717, 1.165) is 12.1 Å². The molecule has 0 atom stereocenters. The molecule has 3 rings (SSSR count). The van der Waals surface area contributed by atoms with Gasteiger partial charge >= 0.3 is 6.18 Å². The van der Waals surface area contributed by atoms with Crippen molar-refractivity contribution >= 4 is 45.7 Å². The average molecular weight is 416 g/mol. The van der Waals surface area contributed by atoms with Crippen molar-refractivity contribution in [2.24, 2.45) is 0 Å². The molecule has 1 aromatic heterocycles. The molecule has 0 aliphatic carbocycles. The van der Waals surface area contributed by atoms with Crippen molar-refractivity contribution in [3.8, 4) is 5.75 Å². The van der Waals surface area contributed by atoms with Crippen LogP contribution < -0.4 is 10.1 Å². The van der Waals surface area contributed by atoms with Crippen molar-refractivity contribution in [1.29, 1.82) is 0 Å². The first-order valence-corrected chi connectivity index (χ1v) is 8.67. The molecule has 0 fully saturated rings. The second-order valence-electron chi connectivity index (χ2n) is 6.00. The number of fused-ring (bicyclic) bond motifs is 1. The Bertz CT molecular complexity index is 993. The summed E-state index contributed by atoms with van der Waals surface area (Å²) in [5.41, 5.74) is 0.0588. The van der Waals surface area contributed by atoms with E-state index in [1.807, 2.05) is 13.8 Å². The number of hydrogen-bond acceptors (Lipinski definition) is 4. The summed E-state index contributed by atoms with van der Waals surface area (Å²) in [4.78, 5) is 8.23. The molecular weight excluding hydrogens is 402 g/mol. The van der Waals surface area contributed by atoms with Crippen LogP contribution in [-0.2, 0) is 6.18 Å². The first-order valence-electron chi connectivity index (χ1n) is 7.91. The molecule has 0 spiro atoms. The Morgan fingerprint density at radius 2 is 1.78 bits per heavy atom. The van der Waals surface area contributed by atoms with Gasteiger partial charge in [-0.25, -0.2) is 9.97 Å². The van der Waals surface area contributed by atoms with Crippen LogP contribution in [0.5, 0.6) is 5.75 Å². The third kappa shape index (κ3) is 4.54. The van der Waals surface area contributed by atoms with Crippen molar-refractivity contribution < 1.29 is 17.9 Å². The highest BCUT2D eigenvalue weighted by atomic mass is 35.5. The number of benzene rings is 2. The molecule has 0 unspecified atom stereocenters. The van der Waals surface area contributed by atoms with Gasteiger partial charge in [-0.05, 0) is 50.2 Å². The Balaban J connectivity index is 1.91. The van der Waals surface area contributed by atoms with Crippen molar-refractivity contribution in [2.75, 3.05) is 5.32 Å². The average Bonchev–Trinajstić information content (AvgIpc) is 2.56. The lowest BCUT2D eigenvalue weighted by molar-refractivity contribution is -0.137. The van der Waals surface area contributed by atoms with Gasteiger partial charge < -0.3 is 10.1 Å². The van der Waals surface area contributed by atoms with Gasteiger partial charge in [0.15, 0.2) is 0 Å². The van der Waals surface area contributed by atoms with E-state index in [4.69, 9.17) is 27.9 Å². The van der Waals surface area contributed by atoms with Gasteiger partial charge in [0.2, 0.25) is 5.95 Å². The molecule has 0 radical (unpaired) electrons. The van der Waals surface area contributed by atoms with Crippen molar-refractivity contribution in [1.82, 2.24) is 9.97 Å². The van der Waals surface area contributed by atoms with Crippen LogP contribution in [0.15, 0.2) is 36.4 Å². The van der Waals surface area contributed by atoms with Crippen molar-refractivity contribution in [3.05, 3.63) is 52.1 Å². The molecule has 0 aliphatic rings. The van der Waals surface area contributed by atoms with Gasteiger partial charge in [0, 0.05) is 11.1 Å². The smallest absolute Gasteiger partial charge is 0.416 e. The second-order valence-corrected chi connectivity index (χ2v) is 6.77. The number of rotatable bonds is 4. The number of nitrogens with zero attached hydrogens (tertiary/aromatic N) is 2. The lowest BCUT2D eigenvalue weighted by Crippen LogP contribution is -2.06. The molecule has 0 saturated heterocycles. The first-order chi connectivity index (χ1) is 12.6. The quantitative estimate of drug-likeness (QED) is 0.494. The molecule has 3 aromatic rings. The third-order valence-corrected chi connectivity index (χ3v) is 4.11. The van der Waals surface area contributed by atoms with Gasteiger partial charge in [0.1, 0.15) is 10.9 Å². The van der Waals surface area contributed by atoms with E-state index in [1.54, 1.807) is 18.2 Å². The molecule has 0 aliphatic heterocycles. The molecule has 2 aromatic carbocycles. The molecule has 0 saturated carbocycles. The van der Waals surface area contributed by atoms with Crippen LogP contribution in [0.1, 0.15) is 19.4 Å². The fourth-order valence-electron chi connectivity index (χ4n) is 2.38. The normalized spacial score (nSPS) is 11.9. The fourth-order valence-corrected chi connectivity index (χ4v) is 2.84. The van der Waals surface area contributed by atoms with Gasteiger partial charge in [-0.3, -0.25) is 0 Å². The van der Waals surface area contributed by atoms with Gasteiger partial charge in [0.25, 0.3) is 0 Å². The van der Waals surface area contributed by atoms with Crippen LogP contribution in [-0.4, -0.2) is 16.1 Å². The number of halogens is 5. The Hall–Kier alpha value is -2.25. The number of alkyl halides is 3. The van der Waals surface area contributed by atoms with E-state index in [9.17, 15) is 13.2 Å². The number of ether oxygens (including phenoxy) is 1. The van der Waals surface area contributed by atoms with Crippen molar-refractivity contribution in [2.45, 2.75) is 26.1 Å². The summed E-state index contributed by atoms with van der Waals surface area (Å²) in [7, 11) is 0. The molecule has 0 amide bonds. The lowest BCUT2D eigenvalue weighted by Gasteiger charge is -2.13. The zero-order valence-corrected chi connectivity index (χ0v) is 15.7. The SMILES string of the molecule is CC(C)Oc1ccc(Nc2nc(Cl)c3cc(C(F)(F)F)ccc3n2)cc1Cl. The zero-order valence-electron chi connectivity index (χ0n) is 14.2. The summed E-state index contributed by atoms with van der Waals surface area (Å²) in [6, 6.07) is 8.18. The largest absolute Gasteiger partial charge is 0.489 e. The first kappa shape index (κ1) is 19.5. The van der Waals surface area contributed by atoms with E-state index >= 15 is 0 Å². The predicted octanol–water partition coefficient (Wildman–Crippen LogP) is 6.49. The van der Waals surface area contributed by atoms with E-state index in [0.29, 0.717) is 16.5 Å².